The molecule has 4 rings (SSSR count). The van der Waals surface area contributed by atoms with Gasteiger partial charge in [-0.15, -0.1) is 0 Å². The average molecular weight is 420 g/mol. The Morgan fingerprint density at radius 3 is 2.11 bits per heavy atom. The molecule has 7 nitrogen and oxygen atoms in total. The Morgan fingerprint density at radius 2 is 1.64 bits per heavy atom. The highest BCUT2D eigenvalue weighted by atomic mass is 32.2. The van der Waals surface area contributed by atoms with Crippen molar-refractivity contribution < 1.29 is 36.4 Å². The van der Waals surface area contributed by atoms with E-state index in [1.807, 2.05) is 0 Å². The molecule has 0 heterocycles. The van der Waals surface area contributed by atoms with Crippen molar-refractivity contribution in [3.8, 4) is 0 Å². The molecular formula is C19H29FO7S. The fourth-order valence-corrected chi connectivity index (χ4v) is 6.39. The normalized spacial score (nSPS) is 33.3. The van der Waals surface area contributed by atoms with Crippen LogP contribution < -0.4 is 0 Å². The maximum Gasteiger partial charge on any atom is 0.363 e. The molecule has 0 aromatic rings. The first-order valence-electron chi connectivity index (χ1n) is 10.1. The van der Waals surface area contributed by atoms with Gasteiger partial charge in [0.15, 0.2) is 6.61 Å². The van der Waals surface area contributed by atoms with Gasteiger partial charge in [0.05, 0.1) is 6.61 Å². The third-order valence-corrected chi connectivity index (χ3v) is 7.78. The number of alkyl halides is 1. The molecule has 0 radical (unpaired) electrons. The van der Waals surface area contributed by atoms with Crippen LogP contribution in [0.15, 0.2) is 0 Å². The van der Waals surface area contributed by atoms with E-state index in [0.717, 1.165) is 19.3 Å². The Kier molecular flexibility index (Phi) is 6.06. The minimum absolute atomic E-state index is 0.00612. The van der Waals surface area contributed by atoms with E-state index in [4.69, 9.17) is 9.29 Å². The predicted molar refractivity (Wildman–Crippen MR) is 97.4 cm³/mol. The maximum absolute atomic E-state index is 14.6. The monoisotopic (exact) mass is 420 g/mol. The first-order chi connectivity index (χ1) is 13.1. The summed E-state index contributed by atoms with van der Waals surface area (Å²) < 4.78 is 56.1. The van der Waals surface area contributed by atoms with Crippen molar-refractivity contribution in [2.24, 2.45) is 23.2 Å². The molecule has 1 N–H and O–H groups in total. The number of carbonyl (C=O) groups excluding carboxylic acids is 2. The molecule has 4 bridgehead atoms. The fourth-order valence-electron chi connectivity index (χ4n) is 5.71. The smallest absolute Gasteiger partial charge is 0.363 e. The van der Waals surface area contributed by atoms with Crippen molar-refractivity contribution >= 4 is 22.1 Å². The zero-order chi connectivity index (χ0) is 20.6. The Bertz CT molecular complexity index is 685. The fraction of sp³-hybridized carbons (Fsp3) is 0.895. The quantitative estimate of drug-likeness (QED) is 0.451. The Morgan fingerprint density at radius 1 is 1.11 bits per heavy atom. The van der Waals surface area contributed by atoms with Crippen molar-refractivity contribution in [2.45, 2.75) is 69.7 Å². The second-order valence-electron chi connectivity index (χ2n) is 8.96. The molecule has 4 aliphatic rings. The lowest BCUT2D eigenvalue weighted by atomic mass is 9.50. The van der Waals surface area contributed by atoms with E-state index in [2.05, 4.69) is 4.74 Å². The molecule has 1 unspecified atom stereocenters. The number of unbranched alkanes of at least 4 members (excludes halogenated alkanes) is 1. The van der Waals surface area contributed by atoms with E-state index in [0.29, 0.717) is 24.2 Å². The lowest BCUT2D eigenvalue weighted by molar-refractivity contribution is -0.169. The van der Waals surface area contributed by atoms with E-state index >= 15 is 0 Å². The number of rotatable bonds is 9. The van der Waals surface area contributed by atoms with Gasteiger partial charge in [-0.05, 0) is 62.7 Å². The van der Waals surface area contributed by atoms with Crippen molar-refractivity contribution in [2.75, 3.05) is 13.2 Å². The van der Waals surface area contributed by atoms with Gasteiger partial charge in [0.25, 0.3) is 0 Å². The molecule has 4 aliphatic carbocycles. The Balaban J connectivity index is 1.50. The second-order valence-corrected chi connectivity index (χ2v) is 10.6. The van der Waals surface area contributed by atoms with Crippen LogP contribution in [-0.2, 0) is 29.2 Å². The maximum atomic E-state index is 14.6. The first-order valence-corrected chi connectivity index (χ1v) is 11.5. The highest BCUT2D eigenvalue weighted by Crippen LogP contribution is 2.60. The van der Waals surface area contributed by atoms with Crippen molar-refractivity contribution in [1.82, 2.24) is 0 Å². The topological polar surface area (TPSA) is 107 Å². The van der Waals surface area contributed by atoms with Gasteiger partial charge in [-0.3, -0.25) is 4.55 Å². The number of ether oxygens (including phenoxy) is 2. The molecule has 4 fully saturated rings. The second kappa shape index (κ2) is 7.89. The number of carbonyl (C=O) groups is 2. The summed E-state index contributed by atoms with van der Waals surface area (Å²) in [6.07, 6.45) is 6.65. The Hall–Kier alpha value is -1.22. The van der Waals surface area contributed by atoms with E-state index in [9.17, 15) is 22.4 Å². The molecule has 0 amide bonds. The molecule has 0 aromatic carbocycles. The van der Waals surface area contributed by atoms with E-state index in [1.165, 1.54) is 19.3 Å². The molecule has 1 atom stereocenters. The molecule has 0 spiro atoms. The summed E-state index contributed by atoms with van der Waals surface area (Å²) >= 11 is 0. The molecule has 4 saturated carbocycles. The molecule has 160 valence electrons. The third-order valence-electron chi connectivity index (χ3n) is 6.59. The SMILES string of the molecule is CCCCC(F)(C(=O)OCC(=O)OCC12CC3CC(CC(C3)C1)C2)S(=O)(=O)O. The molecule has 0 saturated heterocycles. The van der Waals surface area contributed by atoms with Gasteiger partial charge in [0.1, 0.15) is 0 Å². The molecule has 28 heavy (non-hydrogen) atoms. The molecule has 0 aromatic heterocycles. The van der Waals surface area contributed by atoms with Crippen LogP contribution in [0.4, 0.5) is 4.39 Å². The average Bonchev–Trinajstić information content (AvgIpc) is 2.60. The predicted octanol–water partition coefficient (Wildman–Crippen LogP) is 3.03. The van der Waals surface area contributed by atoms with Crippen LogP contribution in [0.2, 0.25) is 0 Å². The largest absolute Gasteiger partial charge is 0.463 e. The number of hydrogen-bond donors (Lipinski definition) is 1. The van der Waals surface area contributed by atoms with Crippen LogP contribution in [0.25, 0.3) is 0 Å². The van der Waals surface area contributed by atoms with Crippen molar-refractivity contribution in [3.63, 3.8) is 0 Å². The van der Waals surface area contributed by atoms with Crippen LogP contribution >= 0.6 is 0 Å². The van der Waals surface area contributed by atoms with Gasteiger partial charge in [-0.2, -0.15) is 8.42 Å². The summed E-state index contributed by atoms with van der Waals surface area (Å²) in [5.74, 6) is -0.526. The first kappa shape index (κ1) is 21.5. The van der Waals surface area contributed by atoms with Crippen LogP contribution in [0.5, 0.6) is 0 Å². The van der Waals surface area contributed by atoms with Gasteiger partial charge in [-0.25, -0.2) is 14.0 Å². The van der Waals surface area contributed by atoms with E-state index < -0.39 is 40.1 Å². The van der Waals surface area contributed by atoms with Gasteiger partial charge in [-0.1, -0.05) is 13.3 Å². The number of halogens is 1. The van der Waals surface area contributed by atoms with Crippen LogP contribution in [0.1, 0.15) is 64.7 Å². The molecule has 9 heteroatoms. The van der Waals surface area contributed by atoms with E-state index in [-0.39, 0.29) is 18.4 Å². The summed E-state index contributed by atoms with van der Waals surface area (Å²) in [6, 6.07) is 0. The van der Waals surface area contributed by atoms with Crippen LogP contribution in [-0.4, -0.2) is 43.1 Å². The van der Waals surface area contributed by atoms with Crippen LogP contribution in [0.3, 0.4) is 0 Å². The number of hydrogen-bond acceptors (Lipinski definition) is 6. The minimum atomic E-state index is -5.32. The standard InChI is InChI=1S/C19H29FO7S/c1-2-3-4-19(20,28(23,24)25)17(22)26-11-16(21)27-12-18-8-13-5-14(9-18)7-15(6-13)10-18/h13-15H,2-12H2,1H3,(H,23,24,25). The lowest BCUT2D eigenvalue weighted by Gasteiger charge is -2.56. The van der Waals surface area contributed by atoms with Crippen molar-refractivity contribution in [3.05, 3.63) is 0 Å². The Labute approximate surface area is 165 Å². The zero-order valence-electron chi connectivity index (χ0n) is 16.2. The molecular weight excluding hydrogens is 391 g/mol. The summed E-state index contributed by atoms with van der Waals surface area (Å²) in [7, 11) is -5.32. The summed E-state index contributed by atoms with van der Waals surface area (Å²) in [5, 5.41) is -3.57. The summed E-state index contributed by atoms with van der Waals surface area (Å²) in [5.41, 5.74) is -0.00612. The third kappa shape index (κ3) is 4.35. The van der Waals surface area contributed by atoms with Gasteiger partial charge < -0.3 is 9.47 Å². The van der Waals surface area contributed by atoms with E-state index in [1.54, 1.807) is 6.92 Å². The highest BCUT2D eigenvalue weighted by Gasteiger charge is 2.53. The lowest BCUT2D eigenvalue weighted by Crippen LogP contribution is -2.48. The van der Waals surface area contributed by atoms with Crippen LogP contribution in [0, 0.1) is 23.2 Å². The van der Waals surface area contributed by atoms with Crippen molar-refractivity contribution in [1.29, 1.82) is 0 Å². The number of esters is 2. The minimum Gasteiger partial charge on any atom is -0.463 e. The highest BCUT2D eigenvalue weighted by molar-refractivity contribution is 7.87. The van der Waals surface area contributed by atoms with Gasteiger partial charge >= 0.3 is 27.1 Å². The zero-order valence-corrected chi connectivity index (χ0v) is 17.0. The van der Waals surface area contributed by atoms with Gasteiger partial charge in [0, 0.05) is 11.8 Å². The summed E-state index contributed by atoms with van der Waals surface area (Å²) in [6.45, 7) is 1.05. The molecule has 0 aliphatic heterocycles. The summed E-state index contributed by atoms with van der Waals surface area (Å²) in [4.78, 5) is 23.9. The van der Waals surface area contributed by atoms with Gasteiger partial charge in [0.2, 0.25) is 0 Å².